The summed E-state index contributed by atoms with van der Waals surface area (Å²) < 4.78 is 43.6. The molecular formula is C18H13ClFIN2O3S2. The summed E-state index contributed by atoms with van der Waals surface area (Å²) in [5.41, 5.74) is 0.251. The first-order valence-electron chi connectivity index (χ1n) is 7.99. The fourth-order valence-corrected chi connectivity index (χ4v) is 5.27. The van der Waals surface area contributed by atoms with Crippen LogP contribution in [0.1, 0.15) is 12.5 Å². The number of carbonyl (C=O) groups is 1. The van der Waals surface area contributed by atoms with Crippen LogP contribution in [0.4, 0.5) is 4.39 Å². The highest BCUT2D eigenvalue weighted by atomic mass is 127. The molecule has 0 aliphatic carbocycles. The van der Waals surface area contributed by atoms with Crippen molar-refractivity contribution in [3.8, 4) is 0 Å². The van der Waals surface area contributed by atoms with E-state index in [1.165, 1.54) is 35.2 Å². The SMILES string of the molecule is CCN1C(=O)C(=Cc2cccc(I)c2F)SC1=NS(=O)(=O)c1ccc(Cl)cc1. The Morgan fingerprint density at radius 3 is 2.57 bits per heavy atom. The molecule has 2 aromatic rings. The summed E-state index contributed by atoms with van der Waals surface area (Å²) in [5.74, 6) is -0.859. The van der Waals surface area contributed by atoms with Crippen molar-refractivity contribution in [2.75, 3.05) is 6.54 Å². The van der Waals surface area contributed by atoms with Gasteiger partial charge in [0.1, 0.15) is 5.82 Å². The Morgan fingerprint density at radius 1 is 1.25 bits per heavy atom. The highest BCUT2D eigenvalue weighted by Crippen LogP contribution is 2.34. The second kappa shape index (κ2) is 8.52. The number of amides is 1. The lowest BCUT2D eigenvalue weighted by atomic mass is 10.2. The van der Waals surface area contributed by atoms with Crippen molar-refractivity contribution in [2.45, 2.75) is 11.8 Å². The highest BCUT2D eigenvalue weighted by Gasteiger charge is 2.34. The fourth-order valence-electron chi connectivity index (χ4n) is 2.39. The van der Waals surface area contributed by atoms with Crippen molar-refractivity contribution >= 4 is 73.1 Å². The highest BCUT2D eigenvalue weighted by molar-refractivity contribution is 14.1. The van der Waals surface area contributed by atoms with Crippen LogP contribution >= 0.6 is 46.0 Å². The number of hydrogen-bond donors (Lipinski definition) is 0. The first-order valence-corrected chi connectivity index (χ1v) is 11.7. The van der Waals surface area contributed by atoms with Gasteiger partial charge >= 0.3 is 0 Å². The van der Waals surface area contributed by atoms with Crippen LogP contribution in [0.2, 0.25) is 5.02 Å². The van der Waals surface area contributed by atoms with Gasteiger partial charge in [-0.2, -0.15) is 8.42 Å². The molecule has 1 aliphatic heterocycles. The lowest BCUT2D eigenvalue weighted by Crippen LogP contribution is -2.29. The number of likely N-dealkylation sites (N-methyl/N-ethyl adjacent to an activating group) is 1. The molecule has 0 unspecified atom stereocenters. The lowest BCUT2D eigenvalue weighted by Gasteiger charge is -2.11. The molecular weight excluding hydrogens is 538 g/mol. The van der Waals surface area contributed by atoms with E-state index in [1.54, 1.807) is 25.1 Å². The van der Waals surface area contributed by atoms with Crippen molar-refractivity contribution in [3.05, 3.63) is 67.3 Å². The first kappa shape index (κ1) is 21.3. The molecule has 1 amide bonds. The Kier molecular flexibility index (Phi) is 6.47. The van der Waals surface area contributed by atoms with E-state index in [-0.39, 0.29) is 27.1 Å². The summed E-state index contributed by atoms with van der Waals surface area (Å²) in [6.07, 6.45) is 1.41. The largest absolute Gasteiger partial charge is 0.286 e. The van der Waals surface area contributed by atoms with Crippen LogP contribution in [0.15, 0.2) is 56.7 Å². The van der Waals surface area contributed by atoms with Crippen LogP contribution in [0.25, 0.3) is 6.08 Å². The van der Waals surface area contributed by atoms with E-state index in [0.717, 1.165) is 11.8 Å². The van der Waals surface area contributed by atoms with E-state index >= 15 is 0 Å². The number of thioether (sulfide) groups is 1. The average Bonchev–Trinajstić information content (AvgIpc) is 2.93. The van der Waals surface area contributed by atoms with Crippen LogP contribution in [0, 0.1) is 9.39 Å². The molecule has 3 rings (SSSR count). The molecule has 0 radical (unpaired) electrons. The molecule has 1 fully saturated rings. The maximum Gasteiger partial charge on any atom is 0.284 e. The third-order valence-corrected chi connectivity index (χ3v) is 7.27. The number of sulfonamides is 1. The zero-order valence-electron chi connectivity index (χ0n) is 14.4. The maximum atomic E-state index is 14.3. The molecule has 0 bridgehead atoms. The molecule has 1 aliphatic rings. The Hall–Kier alpha value is -1.43. The van der Waals surface area contributed by atoms with Crippen LogP contribution < -0.4 is 0 Å². The monoisotopic (exact) mass is 550 g/mol. The Labute approximate surface area is 184 Å². The van der Waals surface area contributed by atoms with E-state index in [0.29, 0.717) is 8.59 Å². The molecule has 5 nitrogen and oxygen atoms in total. The summed E-state index contributed by atoms with van der Waals surface area (Å²) >= 11 is 8.55. The average molecular weight is 551 g/mol. The Balaban J connectivity index is 1.99. The summed E-state index contributed by atoms with van der Waals surface area (Å²) in [7, 11) is -4.03. The van der Waals surface area contributed by atoms with Gasteiger partial charge in [0.05, 0.1) is 9.80 Å². The smallest absolute Gasteiger partial charge is 0.284 e. The van der Waals surface area contributed by atoms with Crippen LogP contribution in [-0.2, 0) is 14.8 Å². The molecule has 2 aromatic carbocycles. The second-order valence-electron chi connectivity index (χ2n) is 5.61. The predicted molar refractivity (Wildman–Crippen MR) is 118 cm³/mol. The number of rotatable bonds is 4. The molecule has 0 saturated carbocycles. The molecule has 0 atom stereocenters. The summed E-state index contributed by atoms with van der Waals surface area (Å²) in [4.78, 5) is 14.0. The molecule has 1 heterocycles. The zero-order valence-corrected chi connectivity index (χ0v) is 18.9. The number of carbonyl (C=O) groups excluding carboxylic acids is 1. The Bertz CT molecular complexity index is 1100. The molecule has 0 spiro atoms. The molecule has 0 N–H and O–H groups in total. The van der Waals surface area contributed by atoms with Gasteiger partial charge in [0.2, 0.25) is 0 Å². The number of halogens is 3. The number of amidine groups is 1. The van der Waals surface area contributed by atoms with Gasteiger partial charge < -0.3 is 0 Å². The number of benzene rings is 2. The fraction of sp³-hybridized carbons (Fsp3) is 0.111. The van der Waals surface area contributed by atoms with Crippen molar-refractivity contribution in [1.29, 1.82) is 0 Å². The van der Waals surface area contributed by atoms with E-state index in [4.69, 9.17) is 11.6 Å². The third-order valence-electron chi connectivity index (χ3n) is 3.78. The first-order chi connectivity index (χ1) is 13.2. The van der Waals surface area contributed by atoms with Gasteiger partial charge in [-0.3, -0.25) is 9.69 Å². The van der Waals surface area contributed by atoms with Gasteiger partial charge in [0, 0.05) is 20.7 Å². The van der Waals surface area contributed by atoms with Crippen molar-refractivity contribution in [3.63, 3.8) is 0 Å². The van der Waals surface area contributed by atoms with E-state index in [9.17, 15) is 17.6 Å². The van der Waals surface area contributed by atoms with Crippen LogP contribution in [-0.4, -0.2) is 30.9 Å². The lowest BCUT2D eigenvalue weighted by molar-refractivity contribution is -0.122. The Morgan fingerprint density at radius 2 is 1.93 bits per heavy atom. The van der Waals surface area contributed by atoms with Gasteiger partial charge in [-0.1, -0.05) is 23.7 Å². The van der Waals surface area contributed by atoms with Gasteiger partial charge in [-0.05, 0) is 77.7 Å². The molecule has 146 valence electrons. The minimum atomic E-state index is -4.03. The minimum absolute atomic E-state index is 0.0275. The van der Waals surface area contributed by atoms with E-state index < -0.39 is 21.7 Å². The third kappa shape index (κ3) is 4.42. The summed E-state index contributed by atoms with van der Waals surface area (Å²) in [6, 6.07) is 10.4. The number of nitrogens with zero attached hydrogens (tertiary/aromatic N) is 2. The molecule has 28 heavy (non-hydrogen) atoms. The zero-order chi connectivity index (χ0) is 20.5. The molecule has 0 aromatic heterocycles. The maximum absolute atomic E-state index is 14.3. The van der Waals surface area contributed by atoms with E-state index in [2.05, 4.69) is 4.40 Å². The van der Waals surface area contributed by atoms with Gasteiger partial charge in [-0.15, -0.1) is 4.40 Å². The molecule has 10 heteroatoms. The normalized spacial score (nSPS) is 17.7. The number of hydrogen-bond acceptors (Lipinski definition) is 4. The van der Waals surface area contributed by atoms with E-state index in [1.807, 2.05) is 22.6 Å². The van der Waals surface area contributed by atoms with Gasteiger partial charge in [-0.25, -0.2) is 4.39 Å². The van der Waals surface area contributed by atoms with Gasteiger partial charge in [0.25, 0.3) is 15.9 Å². The van der Waals surface area contributed by atoms with Crippen LogP contribution in [0.5, 0.6) is 0 Å². The predicted octanol–water partition coefficient (Wildman–Crippen LogP) is 4.76. The van der Waals surface area contributed by atoms with Crippen molar-refractivity contribution in [2.24, 2.45) is 4.40 Å². The van der Waals surface area contributed by atoms with Crippen molar-refractivity contribution < 1.29 is 17.6 Å². The quantitative estimate of drug-likeness (QED) is 0.407. The van der Waals surface area contributed by atoms with Gasteiger partial charge in [0.15, 0.2) is 5.17 Å². The van der Waals surface area contributed by atoms with Crippen molar-refractivity contribution in [1.82, 2.24) is 4.90 Å². The summed E-state index contributed by atoms with van der Waals surface area (Å²) in [5, 5.41) is 0.427. The second-order valence-corrected chi connectivity index (χ2v) is 9.82. The minimum Gasteiger partial charge on any atom is -0.286 e. The standard InChI is InChI=1S/C18H13ClFIN2O3S2/c1-2-23-17(24)15(10-11-4-3-5-14(21)16(11)20)27-18(23)22-28(25,26)13-8-6-12(19)7-9-13/h3-10H,2H2,1H3. The summed E-state index contributed by atoms with van der Waals surface area (Å²) in [6.45, 7) is 1.94. The molecule has 1 saturated heterocycles. The van der Waals surface area contributed by atoms with Crippen LogP contribution in [0.3, 0.4) is 0 Å². The topological polar surface area (TPSA) is 66.8 Å².